The van der Waals surface area contributed by atoms with Gasteiger partial charge in [-0.2, -0.15) is 13.5 Å². The predicted molar refractivity (Wildman–Crippen MR) is 122 cm³/mol. The molecule has 0 spiro atoms. The smallest absolute Gasteiger partial charge is 1.00 e. The Bertz CT molecular complexity index is 1140. The number of hydrogen-bond donors (Lipinski definition) is 2. The van der Waals surface area contributed by atoms with Crippen LogP contribution in [-0.4, -0.2) is 43.1 Å². The molecule has 9 nitrogen and oxygen atoms in total. The number of anilines is 1. The van der Waals surface area contributed by atoms with Gasteiger partial charge < -0.3 is 6.74 Å². The van der Waals surface area contributed by atoms with E-state index in [1.54, 1.807) is 13.2 Å². The first kappa shape index (κ1) is 25.7. The quantitative estimate of drug-likeness (QED) is 0.424. The molecule has 33 heavy (non-hydrogen) atoms. The van der Waals surface area contributed by atoms with E-state index in [1.165, 1.54) is 40.1 Å². The number of amides is 2. The van der Waals surface area contributed by atoms with Gasteiger partial charge in [0, 0.05) is 26.7 Å². The minimum Gasteiger partial charge on any atom is -1.00 e. The molecule has 0 atom stereocenters. The number of aryl methyl sites for hydroxylation is 3. The van der Waals surface area contributed by atoms with Crippen LogP contribution in [0.15, 0.2) is 18.5 Å². The number of carbonyl (C=O) groups is 2. The first-order valence-corrected chi connectivity index (χ1v) is 12.4. The summed E-state index contributed by atoms with van der Waals surface area (Å²) in [4.78, 5) is 24.2. The van der Waals surface area contributed by atoms with Gasteiger partial charge in [0.1, 0.15) is 0 Å². The molecule has 0 saturated heterocycles. The second-order valence-corrected chi connectivity index (χ2v) is 10.1. The third-order valence-electron chi connectivity index (χ3n) is 6.14. The molecule has 4 rings (SSSR count). The second-order valence-electron chi connectivity index (χ2n) is 8.47. The third kappa shape index (κ3) is 5.79. The van der Waals surface area contributed by atoms with Crippen LogP contribution in [-0.2, 0) is 59.0 Å². The molecule has 0 saturated carbocycles. The molecule has 0 aliphatic heterocycles. The molecule has 0 radical (unpaired) electrons. The van der Waals surface area contributed by atoms with Crippen LogP contribution in [0.2, 0.25) is 0 Å². The van der Waals surface area contributed by atoms with Crippen molar-refractivity contribution in [3.63, 3.8) is 0 Å². The minimum atomic E-state index is -4.18. The van der Waals surface area contributed by atoms with Crippen LogP contribution in [0.1, 0.15) is 49.0 Å². The van der Waals surface area contributed by atoms with E-state index >= 15 is 0 Å². The van der Waals surface area contributed by atoms with Gasteiger partial charge in [-0.25, -0.2) is 9.03 Å². The second kappa shape index (κ2) is 10.6. The maximum Gasteiger partial charge on any atom is 1.00 e. The number of rotatable bonds is 8. The molecule has 2 aliphatic carbocycles. The van der Waals surface area contributed by atoms with E-state index in [2.05, 4.69) is 21.2 Å². The predicted octanol–water partition coefficient (Wildman–Crippen LogP) is -1.94. The van der Waals surface area contributed by atoms with Gasteiger partial charge >= 0.3 is 39.8 Å². The molecule has 0 unspecified atom stereocenters. The molecule has 0 fully saturated rings. The van der Waals surface area contributed by atoms with Crippen molar-refractivity contribution in [1.82, 2.24) is 19.8 Å². The fourth-order valence-corrected chi connectivity index (χ4v) is 5.98. The first-order chi connectivity index (χ1) is 15.2. The summed E-state index contributed by atoms with van der Waals surface area (Å²) in [5.41, 5.74) is 6.42. The van der Waals surface area contributed by atoms with E-state index in [4.69, 9.17) is 0 Å². The van der Waals surface area contributed by atoms with E-state index in [1.807, 2.05) is 0 Å². The number of carbonyl (C=O) groups excluding carboxylic acids is 2. The van der Waals surface area contributed by atoms with Crippen LogP contribution in [0.5, 0.6) is 0 Å². The van der Waals surface area contributed by atoms with Gasteiger partial charge in [-0.05, 0) is 66.3 Å². The summed E-state index contributed by atoms with van der Waals surface area (Å²) in [6.45, 7) is 1.45. The summed E-state index contributed by atoms with van der Waals surface area (Å²) in [6.07, 6.45) is 9.08. The summed E-state index contributed by atoms with van der Waals surface area (Å²) in [7, 11) is -2.50. The van der Waals surface area contributed by atoms with Crippen molar-refractivity contribution in [2.24, 2.45) is 7.05 Å². The molecule has 2 aromatic rings. The Kier molecular flexibility index (Phi) is 8.26. The molecule has 174 valence electrons. The van der Waals surface area contributed by atoms with Gasteiger partial charge in [-0.1, -0.05) is 6.07 Å². The SMILES string of the molecule is CC(=O)NCCN(c1cnn(C)c1)S(=O)(=O)NC(=O)Cc1c2c(cc3c1CCC3)CCC2.[H-].[Na+]. The maximum absolute atomic E-state index is 13.1. The standard InChI is InChI=1S/C22H29N5O4S.Na.H/c1-15(28)23-9-10-27(18-13-24-26(2)14-18)32(30,31)25-22(29)12-21-19-7-3-5-16(19)11-17-6-4-8-20(17)21;;/h11,13-14H,3-10,12H2,1-2H3,(H,23,28)(H,25,29);;/q;+1;-1. The zero-order chi connectivity index (χ0) is 22.9. The number of fused-ring (bicyclic) bond motifs is 2. The van der Waals surface area contributed by atoms with Crippen molar-refractivity contribution in [3.05, 3.63) is 46.3 Å². The van der Waals surface area contributed by atoms with E-state index in [0.717, 1.165) is 48.4 Å². The fourth-order valence-electron chi connectivity index (χ4n) is 4.80. The van der Waals surface area contributed by atoms with Crippen LogP contribution in [0.25, 0.3) is 0 Å². The largest absolute Gasteiger partial charge is 1.00 e. The molecule has 2 amide bonds. The summed E-state index contributed by atoms with van der Waals surface area (Å²) in [5, 5.41) is 6.62. The van der Waals surface area contributed by atoms with Gasteiger partial charge in [0.25, 0.3) is 0 Å². The number of benzene rings is 1. The zero-order valence-electron chi connectivity index (χ0n) is 20.5. The van der Waals surface area contributed by atoms with Crippen LogP contribution in [0.3, 0.4) is 0 Å². The topological polar surface area (TPSA) is 113 Å². The van der Waals surface area contributed by atoms with Crippen molar-refractivity contribution >= 4 is 27.7 Å². The molecular weight excluding hydrogens is 453 g/mol. The van der Waals surface area contributed by atoms with Crippen LogP contribution < -0.4 is 43.9 Å². The summed E-state index contributed by atoms with van der Waals surface area (Å²) >= 11 is 0. The van der Waals surface area contributed by atoms with E-state index in [0.29, 0.717) is 5.69 Å². The van der Waals surface area contributed by atoms with Gasteiger partial charge in [0.2, 0.25) is 11.8 Å². The maximum atomic E-state index is 13.1. The minimum absolute atomic E-state index is 0. The Morgan fingerprint density at radius 3 is 2.33 bits per heavy atom. The van der Waals surface area contributed by atoms with Crippen molar-refractivity contribution in [1.29, 1.82) is 0 Å². The molecular formula is C22H30N5NaO4S. The zero-order valence-corrected chi connectivity index (χ0v) is 22.3. The molecule has 1 aromatic heterocycles. The third-order valence-corrected chi connectivity index (χ3v) is 7.60. The van der Waals surface area contributed by atoms with Gasteiger partial charge in [0.05, 0.1) is 24.8 Å². The summed E-state index contributed by atoms with van der Waals surface area (Å²) in [6, 6.07) is 2.29. The van der Waals surface area contributed by atoms with Gasteiger partial charge in [-0.15, -0.1) is 0 Å². The van der Waals surface area contributed by atoms with E-state index in [9.17, 15) is 18.0 Å². The Balaban J connectivity index is 0.00000204. The Hall–Kier alpha value is -1.88. The van der Waals surface area contributed by atoms with Crippen molar-refractivity contribution in [2.45, 2.75) is 51.9 Å². The molecule has 2 N–H and O–H groups in total. The number of nitrogens with zero attached hydrogens (tertiary/aromatic N) is 3. The van der Waals surface area contributed by atoms with Gasteiger partial charge in [0.15, 0.2) is 0 Å². The van der Waals surface area contributed by atoms with Crippen LogP contribution in [0.4, 0.5) is 5.69 Å². The van der Waals surface area contributed by atoms with Crippen molar-refractivity contribution in [3.8, 4) is 0 Å². The molecule has 11 heteroatoms. The number of nitrogens with one attached hydrogen (secondary N) is 2. The molecule has 1 heterocycles. The Morgan fingerprint density at radius 1 is 1.15 bits per heavy atom. The average Bonchev–Trinajstić information content (AvgIpc) is 3.44. The van der Waals surface area contributed by atoms with Crippen LogP contribution >= 0.6 is 0 Å². The van der Waals surface area contributed by atoms with Crippen molar-refractivity contribution < 1.29 is 49.0 Å². The molecule has 1 aromatic carbocycles. The normalized spacial score (nSPS) is 14.2. The van der Waals surface area contributed by atoms with Crippen LogP contribution in [0, 0.1) is 0 Å². The fraction of sp³-hybridized carbons (Fsp3) is 0.500. The average molecular weight is 484 g/mol. The Labute approximate surface area is 218 Å². The molecule has 0 bridgehead atoms. The Morgan fingerprint density at radius 2 is 1.79 bits per heavy atom. The summed E-state index contributed by atoms with van der Waals surface area (Å²) < 4.78 is 31.0. The number of hydrogen-bond acceptors (Lipinski definition) is 5. The number of aromatic nitrogens is 2. The first-order valence-electron chi connectivity index (χ1n) is 11.0. The van der Waals surface area contributed by atoms with E-state index in [-0.39, 0.29) is 56.4 Å². The van der Waals surface area contributed by atoms with Crippen molar-refractivity contribution in [2.75, 3.05) is 17.4 Å². The van der Waals surface area contributed by atoms with E-state index < -0.39 is 16.1 Å². The monoisotopic (exact) mass is 483 g/mol. The van der Waals surface area contributed by atoms with Gasteiger partial charge in [-0.3, -0.25) is 14.3 Å². The molecule has 2 aliphatic rings. The summed E-state index contributed by atoms with van der Waals surface area (Å²) in [5.74, 6) is -0.808.